The number of benzene rings is 2. The molecule has 0 bridgehead atoms. The van der Waals surface area contributed by atoms with E-state index in [1.165, 1.54) is 11.5 Å². The molecule has 1 atom stereocenters. The first-order chi connectivity index (χ1) is 14.1. The summed E-state index contributed by atoms with van der Waals surface area (Å²) in [6, 6.07) is 15.5. The van der Waals surface area contributed by atoms with Gasteiger partial charge in [-0.25, -0.2) is 0 Å². The highest BCUT2D eigenvalue weighted by molar-refractivity contribution is 7.07. The maximum atomic E-state index is 12.0. The topological polar surface area (TPSA) is 73.3 Å². The smallest absolute Gasteiger partial charge is 0.298 e. The third-order valence-corrected chi connectivity index (χ3v) is 5.09. The minimum atomic E-state index is 0.0272. The molecule has 0 aliphatic heterocycles. The van der Waals surface area contributed by atoms with Crippen molar-refractivity contribution in [1.29, 1.82) is 0 Å². The number of hydrogen-bond acceptors (Lipinski definition) is 6. The number of rotatable bonds is 9. The number of amides is 1. The van der Waals surface area contributed by atoms with Gasteiger partial charge < -0.3 is 14.8 Å². The highest BCUT2D eigenvalue weighted by Crippen LogP contribution is 2.25. The minimum Gasteiger partial charge on any atom is -0.497 e. The molecule has 0 aliphatic rings. The molecular weight excluding hydrogens is 386 g/mol. The van der Waals surface area contributed by atoms with Crippen LogP contribution in [-0.4, -0.2) is 28.4 Å². The fourth-order valence-electron chi connectivity index (χ4n) is 2.71. The number of nitrogens with zero attached hydrogens (tertiary/aromatic N) is 2. The lowest BCUT2D eigenvalue weighted by Crippen LogP contribution is -2.33. The number of nitrogens with one attached hydrogen (secondary N) is 1. The van der Waals surface area contributed by atoms with Gasteiger partial charge in [0.15, 0.2) is 5.82 Å². The third-order valence-electron chi connectivity index (χ3n) is 4.46. The molecule has 152 valence electrons. The molecule has 6 nitrogen and oxygen atoms in total. The van der Waals surface area contributed by atoms with E-state index >= 15 is 0 Å². The average Bonchev–Trinajstić information content (AvgIpc) is 3.16. The number of carbonyl (C=O) groups is 1. The first kappa shape index (κ1) is 20.8. The van der Waals surface area contributed by atoms with Gasteiger partial charge in [-0.05, 0) is 48.7 Å². The Hall–Kier alpha value is -2.93. The molecule has 0 saturated carbocycles. The van der Waals surface area contributed by atoms with Crippen LogP contribution < -0.4 is 14.8 Å². The van der Waals surface area contributed by atoms with Gasteiger partial charge in [-0.15, -0.1) is 0 Å². The standard InChI is InChI=1S/C22H25N3O3S/c1-4-15(2)23-21(26)14-16-8-10-18(11-9-16)28-22-24-20(25-29-22)13-17-6-5-7-19(12-17)27-3/h5-12,15H,4,13-14H2,1-3H3,(H,23,26)/t15-/m1/s1. The Kier molecular flexibility index (Phi) is 7.19. The van der Waals surface area contributed by atoms with E-state index in [0.717, 1.165) is 23.3 Å². The molecule has 1 heterocycles. The van der Waals surface area contributed by atoms with Crippen molar-refractivity contribution in [2.45, 2.75) is 39.2 Å². The zero-order chi connectivity index (χ0) is 20.6. The van der Waals surface area contributed by atoms with Crippen molar-refractivity contribution in [3.8, 4) is 16.7 Å². The zero-order valence-corrected chi connectivity index (χ0v) is 17.7. The molecule has 0 saturated heterocycles. The Bertz CT molecular complexity index is 940. The molecule has 1 aromatic heterocycles. The van der Waals surface area contributed by atoms with E-state index in [9.17, 15) is 4.79 Å². The van der Waals surface area contributed by atoms with Crippen LogP contribution in [0, 0.1) is 0 Å². The lowest BCUT2D eigenvalue weighted by atomic mass is 10.1. The van der Waals surface area contributed by atoms with Gasteiger partial charge in [0.1, 0.15) is 11.5 Å². The molecule has 0 unspecified atom stereocenters. The van der Waals surface area contributed by atoms with Gasteiger partial charge in [-0.3, -0.25) is 4.79 Å². The number of carbonyl (C=O) groups excluding carboxylic acids is 1. The van der Waals surface area contributed by atoms with Gasteiger partial charge in [-0.2, -0.15) is 9.36 Å². The molecule has 3 aromatic rings. The van der Waals surface area contributed by atoms with Gasteiger partial charge in [0.2, 0.25) is 5.91 Å². The summed E-state index contributed by atoms with van der Waals surface area (Å²) >= 11 is 1.22. The van der Waals surface area contributed by atoms with Crippen LogP contribution in [0.1, 0.15) is 37.2 Å². The van der Waals surface area contributed by atoms with Crippen molar-refractivity contribution in [3.05, 3.63) is 65.5 Å². The summed E-state index contributed by atoms with van der Waals surface area (Å²) in [6.07, 6.45) is 1.88. The van der Waals surface area contributed by atoms with E-state index < -0.39 is 0 Å². The van der Waals surface area contributed by atoms with Gasteiger partial charge in [0.25, 0.3) is 5.19 Å². The largest absolute Gasteiger partial charge is 0.497 e. The fourth-order valence-corrected chi connectivity index (χ4v) is 3.27. The van der Waals surface area contributed by atoms with Crippen molar-refractivity contribution >= 4 is 17.4 Å². The quantitative estimate of drug-likeness (QED) is 0.565. The summed E-state index contributed by atoms with van der Waals surface area (Å²) < 4.78 is 15.4. The lowest BCUT2D eigenvalue weighted by molar-refractivity contribution is -0.121. The molecule has 3 rings (SSSR count). The van der Waals surface area contributed by atoms with Crippen molar-refractivity contribution in [2.24, 2.45) is 0 Å². The SMILES string of the molecule is CC[C@@H](C)NC(=O)Cc1ccc(Oc2nc(Cc3cccc(OC)c3)ns2)cc1. The number of hydrogen-bond donors (Lipinski definition) is 1. The highest BCUT2D eigenvalue weighted by Gasteiger charge is 2.10. The van der Waals surface area contributed by atoms with Gasteiger partial charge >= 0.3 is 0 Å². The maximum Gasteiger partial charge on any atom is 0.298 e. The molecule has 1 amide bonds. The van der Waals surface area contributed by atoms with E-state index in [4.69, 9.17) is 9.47 Å². The molecule has 0 spiro atoms. The van der Waals surface area contributed by atoms with Crippen LogP contribution in [0.2, 0.25) is 0 Å². The predicted octanol–water partition coefficient (Wildman–Crippen LogP) is 4.39. The normalized spacial score (nSPS) is 11.7. The summed E-state index contributed by atoms with van der Waals surface area (Å²) in [4.78, 5) is 16.4. The second kappa shape index (κ2) is 10.0. The summed E-state index contributed by atoms with van der Waals surface area (Å²) in [6.45, 7) is 4.05. The highest BCUT2D eigenvalue weighted by atomic mass is 32.1. The number of ether oxygens (including phenoxy) is 2. The summed E-state index contributed by atoms with van der Waals surface area (Å²) in [5, 5.41) is 3.46. The van der Waals surface area contributed by atoms with E-state index in [1.807, 2.05) is 62.4 Å². The molecule has 0 fully saturated rings. The zero-order valence-electron chi connectivity index (χ0n) is 16.8. The first-order valence-electron chi connectivity index (χ1n) is 9.57. The van der Waals surface area contributed by atoms with E-state index in [1.54, 1.807) is 7.11 Å². The van der Waals surface area contributed by atoms with Crippen LogP contribution >= 0.6 is 11.5 Å². The maximum absolute atomic E-state index is 12.0. The van der Waals surface area contributed by atoms with Crippen LogP contribution in [0.5, 0.6) is 16.7 Å². The van der Waals surface area contributed by atoms with Crippen LogP contribution in [0.4, 0.5) is 0 Å². The Morgan fingerprint density at radius 1 is 1.14 bits per heavy atom. The Balaban J connectivity index is 1.56. The second-order valence-corrected chi connectivity index (χ2v) is 7.52. The summed E-state index contributed by atoms with van der Waals surface area (Å²) in [5.74, 6) is 2.21. The minimum absolute atomic E-state index is 0.0272. The molecule has 29 heavy (non-hydrogen) atoms. The van der Waals surface area contributed by atoms with Gasteiger partial charge in [-0.1, -0.05) is 31.2 Å². The Labute approximate surface area is 175 Å². The van der Waals surface area contributed by atoms with Crippen LogP contribution in [0.15, 0.2) is 48.5 Å². The molecule has 0 radical (unpaired) electrons. The fraction of sp³-hybridized carbons (Fsp3) is 0.318. The monoisotopic (exact) mass is 411 g/mol. The Morgan fingerprint density at radius 3 is 2.66 bits per heavy atom. The van der Waals surface area contributed by atoms with Gasteiger partial charge in [0, 0.05) is 24.0 Å². The molecule has 2 aromatic carbocycles. The van der Waals surface area contributed by atoms with Gasteiger partial charge in [0.05, 0.1) is 13.5 Å². The van der Waals surface area contributed by atoms with E-state index in [2.05, 4.69) is 14.7 Å². The number of methoxy groups -OCH3 is 1. The van der Waals surface area contributed by atoms with Crippen LogP contribution in [0.3, 0.4) is 0 Å². The summed E-state index contributed by atoms with van der Waals surface area (Å²) in [5.41, 5.74) is 2.02. The van der Waals surface area contributed by atoms with E-state index in [0.29, 0.717) is 29.6 Å². The van der Waals surface area contributed by atoms with Crippen molar-refractivity contribution in [3.63, 3.8) is 0 Å². The van der Waals surface area contributed by atoms with Crippen LogP contribution in [0.25, 0.3) is 0 Å². The van der Waals surface area contributed by atoms with Crippen LogP contribution in [-0.2, 0) is 17.6 Å². The number of aromatic nitrogens is 2. The molecule has 1 N–H and O–H groups in total. The Morgan fingerprint density at radius 2 is 1.93 bits per heavy atom. The van der Waals surface area contributed by atoms with Crippen molar-refractivity contribution in [2.75, 3.05) is 7.11 Å². The van der Waals surface area contributed by atoms with Crippen molar-refractivity contribution < 1.29 is 14.3 Å². The third kappa shape index (κ3) is 6.29. The summed E-state index contributed by atoms with van der Waals surface area (Å²) in [7, 11) is 1.65. The lowest BCUT2D eigenvalue weighted by Gasteiger charge is -2.11. The first-order valence-corrected chi connectivity index (χ1v) is 10.3. The predicted molar refractivity (Wildman–Crippen MR) is 114 cm³/mol. The van der Waals surface area contributed by atoms with E-state index in [-0.39, 0.29) is 11.9 Å². The average molecular weight is 412 g/mol. The molecule has 7 heteroatoms. The second-order valence-electron chi connectivity index (χ2n) is 6.80. The van der Waals surface area contributed by atoms with Crippen molar-refractivity contribution in [1.82, 2.24) is 14.7 Å². The molecular formula is C22H25N3O3S. The molecule has 0 aliphatic carbocycles.